The van der Waals surface area contributed by atoms with E-state index in [4.69, 9.17) is 4.74 Å². The fourth-order valence-electron chi connectivity index (χ4n) is 2.85. The van der Waals surface area contributed by atoms with Crippen LogP contribution in [0.15, 0.2) is 50.9 Å². The zero-order chi connectivity index (χ0) is 16.5. The van der Waals surface area contributed by atoms with Gasteiger partial charge in [0.2, 0.25) is 5.96 Å². The topological polar surface area (TPSA) is 69.5 Å². The van der Waals surface area contributed by atoms with E-state index in [1.54, 1.807) is 11.2 Å². The van der Waals surface area contributed by atoms with E-state index in [0.717, 1.165) is 5.69 Å². The number of para-hydroxylation sites is 1. The van der Waals surface area contributed by atoms with Crippen molar-refractivity contribution in [2.75, 3.05) is 31.2 Å². The van der Waals surface area contributed by atoms with E-state index >= 15 is 0 Å². The van der Waals surface area contributed by atoms with Crippen molar-refractivity contribution >= 4 is 36.5 Å². The second-order valence-electron chi connectivity index (χ2n) is 5.59. The number of thiol groups is 1. The number of hydrogen-bond donors (Lipinski definition) is 2. The molecule has 7 nitrogen and oxygen atoms in total. The Morgan fingerprint density at radius 2 is 1.96 bits per heavy atom. The van der Waals surface area contributed by atoms with E-state index in [1.807, 2.05) is 35.2 Å². The Hall–Kier alpha value is -2.32. The fraction of sp³-hybridized carbons (Fsp3) is 0.312. The number of nitrogens with one attached hydrogen (secondary N) is 1. The molecule has 24 heavy (non-hydrogen) atoms. The van der Waals surface area contributed by atoms with Gasteiger partial charge in [-0.2, -0.15) is 0 Å². The third kappa shape index (κ3) is 2.67. The van der Waals surface area contributed by atoms with Gasteiger partial charge in [0.1, 0.15) is 0 Å². The van der Waals surface area contributed by atoms with Crippen LogP contribution in [0, 0.1) is 0 Å². The summed E-state index contributed by atoms with van der Waals surface area (Å²) in [7, 11) is 0. The predicted molar refractivity (Wildman–Crippen MR) is 95.2 cm³/mol. The van der Waals surface area contributed by atoms with Crippen LogP contribution < -0.4 is 10.2 Å². The van der Waals surface area contributed by atoms with Crippen molar-refractivity contribution < 1.29 is 9.53 Å². The number of carbonyl (C=O) groups is 1. The zero-order valence-corrected chi connectivity index (χ0v) is 13.8. The molecular formula is C16H17N5O2S. The summed E-state index contributed by atoms with van der Waals surface area (Å²) in [6.45, 7) is 2.67. The molecule has 0 radical (unpaired) electrons. The number of fused-ring (bicyclic) bond motifs is 1. The molecule has 0 saturated carbocycles. The molecular weight excluding hydrogens is 326 g/mol. The van der Waals surface area contributed by atoms with Crippen molar-refractivity contribution in [3.63, 3.8) is 0 Å². The third-order valence-electron chi connectivity index (χ3n) is 4.11. The summed E-state index contributed by atoms with van der Waals surface area (Å²) in [5, 5.41) is 3.41. The Bertz CT molecular complexity index is 740. The molecule has 1 saturated heterocycles. The second-order valence-corrected chi connectivity index (χ2v) is 6.01. The Morgan fingerprint density at radius 3 is 2.71 bits per heavy atom. The fourth-order valence-corrected chi connectivity index (χ4v) is 3.24. The van der Waals surface area contributed by atoms with Gasteiger partial charge in [-0.25, -0.2) is 9.98 Å². The molecule has 1 aromatic carbocycles. The van der Waals surface area contributed by atoms with Crippen LogP contribution in [0.5, 0.6) is 0 Å². The number of rotatable bonds is 1. The van der Waals surface area contributed by atoms with Crippen LogP contribution >= 0.6 is 12.6 Å². The molecule has 124 valence electrons. The van der Waals surface area contributed by atoms with Crippen molar-refractivity contribution in [2.24, 2.45) is 9.98 Å². The molecule has 1 aromatic rings. The molecule has 1 fully saturated rings. The largest absolute Gasteiger partial charge is 0.378 e. The van der Waals surface area contributed by atoms with Crippen LogP contribution in [0.25, 0.3) is 0 Å². The van der Waals surface area contributed by atoms with Gasteiger partial charge in [-0.3, -0.25) is 15.0 Å². The third-order valence-corrected chi connectivity index (χ3v) is 4.57. The number of morpholine rings is 1. The summed E-state index contributed by atoms with van der Waals surface area (Å²) in [4.78, 5) is 25.4. The maximum absolute atomic E-state index is 12.6. The maximum atomic E-state index is 12.6. The number of aliphatic imine (C=N–C) groups is 2. The first-order valence-corrected chi connectivity index (χ1v) is 8.21. The summed E-state index contributed by atoms with van der Waals surface area (Å²) in [6.07, 6.45) is 1.12. The van der Waals surface area contributed by atoms with Crippen LogP contribution in [0.1, 0.15) is 0 Å². The molecule has 0 spiro atoms. The number of carbonyl (C=O) groups excluding carboxylic acids is 1. The monoisotopic (exact) mass is 343 g/mol. The minimum Gasteiger partial charge on any atom is -0.378 e. The van der Waals surface area contributed by atoms with E-state index in [-0.39, 0.29) is 5.91 Å². The predicted octanol–water partition coefficient (Wildman–Crippen LogP) is 0.820. The minimum atomic E-state index is -0.552. The van der Waals surface area contributed by atoms with Gasteiger partial charge in [-0.1, -0.05) is 18.2 Å². The van der Waals surface area contributed by atoms with Crippen LogP contribution in [-0.2, 0) is 9.53 Å². The van der Waals surface area contributed by atoms with Crippen LogP contribution in [0.3, 0.4) is 0 Å². The lowest BCUT2D eigenvalue weighted by Gasteiger charge is -2.35. The number of amides is 1. The number of guanidine groups is 1. The number of anilines is 1. The molecule has 3 aliphatic rings. The molecule has 3 heterocycles. The molecule has 1 unspecified atom stereocenters. The van der Waals surface area contributed by atoms with Gasteiger partial charge in [0.05, 0.1) is 30.2 Å². The van der Waals surface area contributed by atoms with Gasteiger partial charge in [0.25, 0.3) is 5.91 Å². The summed E-state index contributed by atoms with van der Waals surface area (Å²) < 4.78 is 5.34. The van der Waals surface area contributed by atoms with E-state index in [9.17, 15) is 4.79 Å². The highest BCUT2D eigenvalue weighted by molar-refractivity contribution is 7.84. The first-order chi connectivity index (χ1) is 11.7. The maximum Gasteiger partial charge on any atom is 0.260 e. The lowest BCUT2D eigenvalue weighted by molar-refractivity contribution is -0.117. The average molecular weight is 343 g/mol. The SMILES string of the molecule is O=C1NC(N2CCOCC2)=NC2N=CN(c3ccccc3)C(S)=C12. The van der Waals surface area contributed by atoms with E-state index in [2.05, 4.69) is 27.9 Å². The Morgan fingerprint density at radius 1 is 1.21 bits per heavy atom. The number of benzene rings is 1. The first-order valence-electron chi connectivity index (χ1n) is 7.76. The van der Waals surface area contributed by atoms with Crippen molar-refractivity contribution in [3.05, 3.63) is 40.9 Å². The van der Waals surface area contributed by atoms with E-state index in [1.165, 1.54) is 0 Å². The Labute approximate surface area is 145 Å². The molecule has 0 bridgehead atoms. The highest BCUT2D eigenvalue weighted by Gasteiger charge is 2.35. The van der Waals surface area contributed by atoms with E-state index in [0.29, 0.717) is 42.9 Å². The first kappa shape index (κ1) is 15.2. The molecule has 4 rings (SSSR count). The zero-order valence-electron chi connectivity index (χ0n) is 12.9. The standard InChI is InChI=1S/C16H17N5O2S/c22-14-12-13(18-16(19-14)20-6-8-23-9-7-20)17-10-21(15(12)24)11-4-2-1-3-5-11/h1-5,10,13,24H,6-9H2,(H,18,19,22). The van der Waals surface area contributed by atoms with Gasteiger partial charge in [0.15, 0.2) is 6.17 Å². The molecule has 0 aromatic heterocycles. The summed E-state index contributed by atoms with van der Waals surface area (Å²) in [5.41, 5.74) is 1.36. The quantitative estimate of drug-likeness (QED) is 0.741. The van der Waals surface area contributed by atoms with Crippen molar-refractivity contribution in [1.29, 1.82) is 0 Å². The Kier molecular flexibility index (Phi) is 3.99. The van der Waals surface area contributed by atoms with Gasteiger partial charge >= 0.3 is 0 Å². The van der Waals surface area contributed by atoms with Gasteiger partial charge in [0, 0.05) is 18.8 Å². The van der Waals surface area contributed by atoms with Crippen LogP contribution in [0.4, 0.5) is 5.69 Å². The smallest absolute Gasteiger partial charge is 0.260 e. The van der Waals surface area contributed by atoms with Gasteiger partial charge < -0.3 is 9.64 Å². The molecule has 0 aliphatic carbocycles. The van der Waals surface area contributed by atoms with Crippen molar-refractivity contribution in [1.82, 2.24) is 10.2 Å². The normalized spacial score (nSPS) is 23.8. The lowest BCUT2D eigenvalue weighted by atomic mass is 10.1. The van der Waals surface area contributed by atoms with Crippen LogP contribution in [-0.4, -0.2) is 55.6 Å². The highest BCUT2D eigenvalue weighted by atomic mass is 32.1. The molecule has 1 amide bonds. The molecule has 3 aliphatic heterocycles. The van der Waals surface area contributed by atoms with Crippen LogP contribution in [0.2, 0.25) is 0 Å². The molecule has 1 N–H and O–H groups in total. The molecule has 1 atom stereocenters. The van der Waals surface area contributed by atoms with Gasteiger partial charge in [-0.05, 0) is 12.1 Å². The Balaban J connectivity index is 1.65. The number of nitrogens with zero attached hydrogens (tertiary/aromatic N) is 4. The number of hydrogen-bond acceptors (Lipinski definition) is 7. The van der Waals surface area contributed by atoms with Crippen molar-refractivity contribution in [2.45, 2.75) is 6.17 Å². The minimum absolute atomic E-state index is 0.209. The summed E-state index contributed by atoms with van der Waals surface area (Å²) >= 11 is 4.56. The summed E-state index contributed by atoms with van der Waals surface area (Å²) in [6, 6.07) is 9.66. The lowest BCUT2D eigenvalue weighted by Crippen LogP contribution is -2.53. The van der Waals surface area contributed by atoms with Gasteiger partial charge in [-0.15, -0.1) is 12.6 Å². The summed E-state index contributed by atoms with van der Waals surface area (Å²) in [5.74, 6) is 0.350. The van der Waals surface area contributed by atoms with E-state index < -0.39 is 6.17 Å². The van der Waals surface area contributed by atoms with Crippen molar-refractivity contribution in [3.8, 4) is 0 Å². The number of ether oxygens (including phenoxy) is 1. The second kappa shape index (κ2) is 6.29. The highest BCUT2D eigenvalue weighted by Crippen LogP contribution is 2.30. The molecule has 8 heteroatoms. The average Bonchev–Trinajstić information content (AvgIpc) is 2.63.